The lowest BCUT2D eigenvalue weighted by Gasteiger charge is -2.10. The predicted molar refractivity (Wildman–Crippen MR) is 77.2 cm³/mol. The average molecular weight is 287 g/mol. The van der Waals surface area contributed by atoms with E-state index < -0.39 is 10.8 Å². The van der Waals surface area contributed by atoms with Crippen LogP contribution in [0.3, 0.4) is 0 Å². The average Bonchev–Trinajstić information content (AvgIpc) is 2.48. The fourth-order valence-corrected chi connectivity index (χ4v) is 1.73. The van der Waals surface area contributed by atoms with Gasteiger partial charge in [0.2, 0.25) is 0 Å². The zero-order valence-electron chi connectivity index (χ0n) is 11.2. The second kappa shape index (κ2) is 6.42. The standard InChI is InChI=1S/C13H13N5O3/c1-2-15-11-4-3-9(18(20)21)7-10(11)13(19)17-12-8-14-5-6-16-12/h3-8,15H,2H2,1H3,(H,16,17,19). The maximum atomic E-state index is 12.2. The van der Waals surface area contributed by atoms with Crippen molar-refractivity contribution in [1.82, 2.24) is 9.97 Å². The second-order valence-electron chi connectivity index (χ2n) is 4.06. The van der Waals surface area contributed by atoms with Crippen molar-refractivity contribution in [3.8, 4) is 0 Å². The summed E-state index contributed by atoms with van der Waals surface area (Å²) in [7, 11) is 0. The highest BCUT2D eigenvalue weighted by Gasteiger charge is 2.17. The van der Waals surface area contributed by atoms with Crippen molar-refractivity contribution < 1.29 is 9.72 Å². The molecule has 0 atom stereocenters. The molecule has 0 radical (unpaired) electrons. The molecule has 108 valence electrons. The summed E-state index contributed by atoms with van der Waals surface area (Å²) in [5.74, 6) is -0.216. The van der Waals surface area contributed by atoms with Crippen molar-refractivity contribution in [2.45, 2.75) is 6.92 Å². The minimum absolute atomic E-state index is 0.152. The van der Waals surface area contributed by atoms with Crippen LogP contribution in [0.15, 0.2) is 36.8 Å². The molecular formula is C13H13N5O3. The Labute approximate surface area is 120 Å². The topological polar surface area (TPSA) is 110 Å². The molecule has 0 saturated heterocycles. The number of rotatable bonds is 5. The van der Waals surface area contributed by atoms with Gasteiger partial charge in [0.1, 0.15) is 0 Å². The van der Waals surface area contributed by atoms with Gasteiger partial charge in [0.15, 0.2) is 5.82 Å². The van der Waals surface area contributed by atoms with E-state index in [-0.39, 0.29) is 17.1 Å². The van der Waals surface area contributed by atoms with Gasteiger partial charge in [-0.3, -0.25) is 19.9 Å². The number of benzene rings is 1. The molecular weight excluding hydrogens is 274 g/mol. The SMILES string of the molecule is CCNc1ccc([N+](=O)[O-])cc1C(=O)Nc1cnccn1. The molecule has 1 amide bonds. The smallest absolute Gasteiger partial charge is 0.270 e. The highest BCUT2D eigenvalue weighted by atomic mass is 16.6. The predicted octanol–water partition coefficient (Wildman–Crippen LogP) is 2.07. The first kappa shape index (κ1) is 14.4. The third-order valence-electron chi connectivity index (χ3n) is 2.63. The number of hydrogen-bond donors (Lipinski definition) is 2. The van der Waals surface area contributed by atoms with Crippen LogP contribution in [0.4, 0.5) is 17.2 Å². The first-order valence-corrected chi connectivity index (χ1v) is 6.21. The summed E-state index contributed by atoms with van der Waals surface area (Å²) in [5, 5.41) is 16.4. The third kappa shape index (κ3) is 3.50. The molecule has 1 aromatic heterocycles. The molecule has 0 saturated carbocycles. The van der Waals surface area contributed by atoms with E-state index in [2.05, 4.69) is 20.6 Å². The summed E-state index contributed by atoms with van der Waals surface area (Å²) in [5.41, 5.74) is 0.544. The molecule has 0 unspecified atom stereocenters. The van der Waals surface area contributed by atoms with Crippen LogP contribution >= 0.6 is 0 Å². The molecule has 2 rings (SSSR count). The van der Waals surface area contributed by atoms with E-state index in [0.29, 0.717) is 12.2 Å². The monoisotopic (exact) mass is 287 g/mol. The number of nitrogens with one attached hydrogen (secondary N) is 2. The molecule has 0 aliphatic rings. The Morgan fingerprint density at radius 2 is 2.19 bits per heavy atom. The van der Waals surface area contributed by atoms with Gasteiger partial charge >= 0.3 is 0 Å². The minimum Gasteiger partial charge on any atom is -0.385 e. The van der Waals surface area contributed by atoms with Crippen LogP contribution in [0.1, 0.15) is 17.3 Å². The number of non-ortho nitro benzene ring substituents is 1. The Morgan fingerprint density at radius 1 is 1.38 bits per heavy atom. The largest absolute Gasteiger partial charge is 0.385 e. The Bertz CT molecular complexity index is 660. The van der Waals surface area contributed by atoms with E-state index in [4.69, 9.17) is 0 Å². The Kier molecular flexibility index (Phi) is 4.39. The van der Waals surface area contributed by atoms with Crippen molar-refractivity contribution in [2.75, 3.05) is 17.2 Å². The van der Waals surface area contributed by atoms with E-state index in [1.807, 2.05) is 6.92 Å². The van der Waals surface area contributed by atoms with Crippen molar-refractivity contribution in [3.63, 3.8) is 0 Å². The molecule has 0 bridgehead atoms. The summed E-state index contributed by atoms with van der Waals surface area (Å²) < 4.78 is 0. The van der Waals surface area contributed by atoms with Crippen LogP contribution < -0.4 is 10.6 Å². The Morgan fingerprint density at radius 3 is 2.81 bits per heavy atom. The highest BCUT2D eigenvalue weighted by molar-refractivity contribution is 6.08. The van der Waals surface area contributed by atoms with Gasteiger partial charge in [0.25, 0.3) is 11.6 Å². The van der Waals surface area contributed by atoms with E-state index >= 15 is 0 Å². The fraction of sp³-hybridized carbons (Fsp3) is 0.154. The van der Waals surface area contributed by atoms with Gasteiger partial charge in [-0.05, 0) is 13.0 Å². The number of nitrogens with zero attached hydrogens (tertiary/aromatic N) is 3. The maximum Gasteiger partial charge on any atom is 0.270 e. The lowest BCUT2D eigenvalue weighted by molar-refractivity contribution is -0.384. The lowest BCUT2D eigenvalue weighted by Crippen LogP contribution is -2.16. The van der Waals surface area contributed by atoms with Gasteiger partial charge in [-0.1, -0.05) is 0 Å². The highest BCUT2D eigenvalue weighted by Crippen LogP contribution is 2.23. The minimum atomic E-state index is -0.547. The maximum absolute atomic E-state index is 12.2. The molecule has 8 nitrogen and oxygen atoms in total. The Balaban J connectivity index is 2.33. The summed E-state index contributed by atoms with van der Waals surface area (Å²) in [4.78, 5) is 30.3. The van der Waals surface area contributed by atoms with E-state index in [9.17, 15) is 14.9 Å². The van der Waals surface area contributed by atoms with Gasteiger partial charge in [-0.2, -0.15) is 0 Å². The van der Waals surface area contributed by atoms with E-state index in [1.54, 1.807) is 0 Å². The van der Waals surface area contributed by atoms with Gasteiger partial charge in [-0.15, -0.1) is 0 Å². The summed E-state index contributed by atoms with van der Waals surface area (Å²) in [6.07, 6.45) is 4.31. The van der Waals surface area contributed by atoms with Crippen molar-refractivity contribution >= 4 is 23.1 Å². The summed E-state index contributed by atoms with van der Waals surface area (Å²) in [6, 6.07) is 4.08. The van der Waals surface area contributed by atoms with E-state index in [1.165, 1.54) is 36.8 Å². The number of hydrogen-bond acceptors (Lipinski definition) is 6. The molecule has 2 N–H and O–H groups in total. The molecule has 2 aromatic rings. The second-order valence-corrected chi connectivity index (χ2v) is 4.06. The van der Waals surface area contributed by atoms with Gasteiger partial charge < -0.3 is 10.6 Å². The van der Waals surface area contributed by atoms with Crippen LogP contribution in [0, 0.1) is 10.1 Å². The molecule has 1 heterocycles. The molecule has 0 fully saturated rings. The zero-order chi connectivity index (χ0) is 15.2. The molecule has 21 heavy (non-hydrogen) atoms. The molecule has 0 aliphatic heterocycles. The van der Waals surface area contributed by atoms with Gasteiger partial charge in [-0.25, -0.2) is 4.98 Å². The number of amides is 1. The van der Waals surface area contributed by atoms with Crippen LogP contribution in [0.25, 0.3) is 0 Å². The van der Waals surface area contributed by atoms with Crippen LogP contribution in [0.2, 0.25) is 0 Å². The van der Waals surface area contributed by atoms with Crippen LogP contribution in [-0.4, -0.2) is 27.3 Å². The molecule has 1 aromatic carbocycles. The summed E-state index contributed by atoms with van der Waals surface area (Å²) in [6.45, 7) is 2.45. The number of anilines is 2. The quantitative estimate of drug-likeness (QED) is 0.643. The van der Waals surface area contributed by atoms with Crippen molar-refractivity contribution in [2.24, 2.45) is 0 Å². The Hall–Kier alpha value is -3.03. The number of nitro groups is 1. The van der Waals surface area contributed by atoms with Gasteiger partial charge in [0, 0.05) is 36.8 Å². The number of nitro benzene ring substituents is 1. The molecule has 0 spiro atoms. The fourth-order valence-electron chi connectivity index (χ4n) is 1.73. The molecule has 8 heteroatoms. The lowest BCUT2D eigenvalue weighted by atomic mass is 10.1. The number of carbonyl (C=O) groups excluding carboxylic acids is 1. The summed E-state index contributed by atoms with van der Waals surface area (Å²) >= 11 is 0. The first-order valence-electron chi connectivity index (χ1n) is 6.21. The van der Waals surface area contributed by atoms with Crippen molar-refractivity contribution in [3.05, 3.63) is 52.5 Å². The van der Waals surface area contributed by atoms with Crippen molar-refractivity contribution in [1.29, 1.82) is 0 Å². The number of carbonyl (C=O) groups is 1. The van der Waals surface area contributed by atoms with Crippen LogP contribution in [0.5, 0.6) is 0 Å². The molecule has 0 aliphatic carbocycles. The first-order chi connectivity index (χ1) is 10.1. The number of aromatic nitrogens is 2. The zero-order valence-corrected chi connectivity index (χ0v) is 11.2. The normalized spacial score (nSPS) is 9.95. The van der Waals surface area contributed by atoms with Crippen LogP contribution in [-0.2, 0) is 0 Å². The third-order valence-corrected chi connectivity index (χ3v) is 2.63. The van der Waals surface area contributed by atoms with Gasteiger partial charge in [0.05, 0.1) is 16.7 Å². The van der Waals surface area contributed by atoms with E-state index in [0.717, 1.165) is 0 Å².